The normalized spacial score (nSPS) is 20.6. The fraction of sp³-hybridized carbons (Fsp3) is 0.350. The smallest absolute Gasteiger partial charge is 0.268 e. The zero-order chi connectivity index (χ0) is 33.3. The van der Waals surface area contributed by atoms with E-state index in [0.717, 1.165) is 24.0 Å². The molecule has 1 amide bonds. The molecule has 2 fully saturated rings. The lowest BCUT2D eigenvalue weighted by Gasteiger charge is -2.43. The third kappa shape index (κ3) is 5.88. The van der Waals surface area contributed by atoms with E-state index in [1.807, 2.05) is 74.5 Å². The van der Waals surface area contributed by atoms with Crippen molar-refractivity contribution in [2.75, 3.05) is 6.61 Å². The maximum atomic E-state index is 14.2. The Hall–Kier alpha value is -3.62. The molecule has 2 aliphatic rings. The van der Waals surface area contributed by atoms with Crippen LogP contribution in [0.25, 0.3) is 0 Å². The summed E-state index contributed by atoms with van der Waals surface area (Å²) in [6, 6.07) is 41.4. The van der Waals surface area contributed by atoms with Crippen LogP contribution < -0.4 is 10.4 Å². The summed E-state index contributed by atoms with van der Waals surface area (Å²) in [6.45, 7) is 11.4. The van der Waals surface area contributed by atoms with Gasteiger partial charge in [0.2, 0.25) is 5.91 Å². The minimum atomic E-state index is -2.69. The minimum Gasteiger partial charge on any atom is -0.452 e. The first-order chi connectivity index (χ1) is 22.5. The number of rotatable bonds is 9. The van der Waals surface area contributed by atoms with Gasteiger partial charge in [0.15, 0.2) is 5.60 Å². The van der Waals surface area contributed by atoms with Crippen molar-refractivity contribution in [1.29, 1.82) is 0 Å². The van der Waals surface area contributed by atoms with Gasteiger partial charge in [-0.15, -0.1) is 0 Å². The average molecular weight is 664 g/mol. The lowest BCUT2D eigenvalue weighted by atomic mass is 9.72. The van der Waals surface area contributed by atoms with Crippen LogP contribution in [-0.2, 0) is 24.3 Å². The van der Waals surface area contributed by atoms with Crippen molar-refractivity contribution in [1.82, 2.24) is 4.90 Å². The molecule has 244 valence electrons. The number of thiocarbonyl (C=S) groups is 1. The van der Waals surface area contributed by atoms with Crippen LogP contribution in [0.5, 0.6) is 0 Å². The summed E-state index contributed by atoms with van der Waals surface area (Å²) >= 11 is 5.82. The van der Waals surface area contributed by atoms with Crippen molar-refractivity contribution in [3.63, 3.8) is 0 Å². The minimum absolute atomic E-state index is 0.0905. The van der Waals surface area contributed by atoms with Gasteiger partial charge in [-0.2, -0.15) is 0 Å². The molecule has 0 aliphatic carbocycles. The number of benzene rings is 4. The van der Waals surface area contributed by atoms with Gasteiger partial charge in [-0.05, 0) is 54.3 Å². The summed E-state index contributed by atoms with van der Waals surface area (Å²) in [5.41, 5.74) is 0.150. The predicted molar refractivity (Wildman–Crippen MR) is 194 cm³/mol. The molecule has 0 aromatic heterocycles. The molecular formula is C40H45NO4SSi. The molecule has 0 N–H and O–H groups in total. The van der Waals surface area contributed by atoms with Gasteiger partial charge in [0.1, 0.15) is 0 Å². The summed E-state index contributed by atoms with van der Waals surface area (Å²) in [4.78, 5) is 15.8. The topological polar surface area (TPSA) is 48.0 Å². The van der Waals surface area contributed by atoms with Crippen LogP contribution in [0.2, 0.25) is 5.04 Å². The van der Waals surface area contributed by atoms with E-state index in [0.29, 0.717) is 6.61 Å². The Balaban J connectivity index is 1.20. The summed E-state index contributed by atoms with van der Waals surface area (Å²) in [5, 5.41) is 2.56. The van der Waals surface area contributed by atoms with Crippen molar-refractivity contribution < 1.29 is 18.7 Å². The lowest BCUT2D eigenvalue weighted by molar-refractivity contribution is -0.134. The first-order valence-electron chi connectivity index (χ1n) is 16.6. The van der Waals surface area contributed by atoms with Crippen molar-refractivity contribution in [3.05, 3.63) is 132 Å². The van der Waals surface area contributed by atoms with Crippen LogP contribution in [0, 0.1) is 0 Å². The van der Waals surface area contributed by atoms with Crippen LogP contribution in [0.3, 0.4) is 0 Å². The molecule has 4 aromatic carbocycles. The molecule has 6 rings (SSSR count). The SMILES string of the molecule is CC1(C)N(C(=O)C[C@@H]2CC[C@@H](CO[Si](c3ccccc3)(c3ccccc3)C(C)(C)C)O2)C(=S)OC1(c1ccccc1)c1ccccc1. The molecule has 0 unspecified atom stereocenters. The highest BCUT2D eigenvalue weighted by molar-refractivity contribution is 7.80. The highest BCUT2D eigenvalue weighted by atomic mass is 32.1. The molecule has 5 nitrogen and oxygen atoms in total. The number of hydrogen-bond donors (Lipinski definition) is 0. The molecule has 0 spiro atoms. The summed E-state index contributed by atoms with van der Waals surface area (Å²) < 4.78 is 20.3. The Kier molecular flexibility index (Phi) is 9.29. The predicted octanol–water partition coefficient (Wildman–Crippen LogP) is 7.37. The molecule has 2 atom stereocenters. The molecular weight excluding hydrogens is 619 g/mol. The van der Waals surface area contributed by atoms with Gasteiger partial charge in [0.25, 0.3) is 13.5 Å². The summed E-state index contributed by atoms with van der Waals surface area (Å²) in [7, 11) is -2.69. The van der Waals surface area contributed by atoms with Crippen LogP contribution in [0.15, 0.2) is 121 Å². The Bertz CT molecular complexity index is 1600. The molecule has 0 radical (unpaired) electrons. The highest BCUT2D eigenvalue weighted by Gasteiger charge is 2.62. The second-order valence-corrected chi connectivity index (χ2v) is 18.9. The first kappa shape index (κ1) is 33.3. The monoisotopic (exact) mass is 663 g/mol. The van der Waals surface area contributed by atoms with Crippen LogP contribution in [0.4, 0.5) is 0 Å². The number of nitrogens with zero attached hydrogens (tertiary/aromatic N) is 1. The molecule has 0 bridgehead atoms. The fourth-order valence-electron chi connectivity index (χ4n) is 7.76. The third-order valence-corrected chi connectivity index (χ3v) is 15.2. The highest BCUT2D eigenvalue weighted by Crippen LogP contribution is 2.51. The fourth-order valence-corrected chi connectivity index (χ4v) is 12.8. The maximum Gasteiger partial charge on any atom is 0.268 e. The van der Waals surface area contributed by atoms with Crippen molar-refractivity contribution in [2.24, 2.45) is 0 Å². The molecule has 7 heteroatoms. The standard InChI is InChI=1S/C40H45NO4SSi/c1-38(2,3)47(34-22-14-8-15-23-34,35-24-16-9-17-25-35)43-29-33-27-26-32(44-33)28-36(42)41-37(46)45-40(39(41,4)5,30-18-10-6-11-19-30)31-20-12-7-13-21-31/h6-25,32-33H,26-29H2,1-5H3/t32-,33-/m0/s1. The largest absolute Gasteiger partial charge is 0.452 e. The average Bonchev–Trinajstić information content (AvgIpc) is 3.60. The van der Waals surface area contributed by atoms with Gasteiger partial charge < -0.3 is 13.9 Å². The van der Waals surface area contributed by atoms with Crippen LogP contribution in [0.1, 0.15) is 65.0 Å². The van der Waals surface area contributed by atoms with Gasteiger partial charge in [0, 0.05) is 11.1 Å². The van der Waals surface area contributed by atoms with Crippen molar-refractivity contribution in [2.45, 2.75) is 82.3 Å². The Labute approximate surface area is 286 Å². The zero-order valence-corrected chi connectivity index (χ0v) is 29.8. The molecule has 47 heavy (non-hydrogen) atoms. The summed E-state index contributed by atoms with van der Waals surface area (Å²) in [5.74, 6) is -0.0905. The molecule has 4 aromatic rings. The number of amides is 1. The molecule has 2 saturated heterocycles. The van der Waals surface area contributed by atoms with E-state index in [1.165, 1.54) is 10.4 Å². The lowest BCUT2D eigenvalue weighted by Crippen LogP contribution is -2.67. The Morgan fingerprint density at radius 1 is 0.787 bits per heavy atom. The number of carbonyl (C=O) groups excluding carboxylic acids is 1. The van der Waals surface area contributed by atoms with Gasteiger partial charge in [-0.1, -0.05) is 142 Å². The van der Waals surface area contributed by atoms with Crippen molar-refractivity contribution >= 4 is 42.0 Å². The zero-order valence-electron chi connectivity index (χ0n) is 28.0. The second-order valence-electron chi connectivity index (χ2n) is 14.2. The van der Waals surface area contributed by atoms with Gasteiger partial charge in [-0.3, -0.25) is 9.69 Å². The van der Waals surface area contributed by atoms with E-state index in [1.54, 1.807) is 4.90 Å². The Morgan fingerprint density at radius 2 is 1.23 bits per heavy atom. The van der Waals surface area contributed by atoms with Crippen LogP contribution >= 0.6 is 12.2 Å². The Morgan fingerprint density at radius 3 is 1.70 bits per heavy atom. The number of hydrogen-bond acceptors (Lipinski definition) is 5. The van der Waals surface area contributed by atoms with Crippen molar-refractivity contribution in [3.8, 4) is 0 Å². The number of ether oxygens (including phenoxy) is 2. The van der Waals surface area contributed by atoms with Gasteiger partial charge in [0.05, 0.1) is 30.8 Å². The quantitative estimate of drug-likeness (QED) is 0.138. The van der Waals surface area contributed by atoms with E-state index >= 15 is 0 Å². The first-order valence-corrected chi connectivity index (χ1v) is 18.9. The van der Waals surface area contributed by atoms with E-state index in [-0.39, 0.29) is 34.7 Å². The molecule has 2 heterocycles. The van der Waals surface area contributed by atoms with E-state index in [2.05, 4.69) is 81.4 Å². The summed E-state index contributed by atoms with van der Waals surface area (Å²) in [6.07, 6.45) is 1.51. The number of carbonyl (C=O) groups is 1. The molecule has 0 saturated carbocycles. The maximum absolute atomic E-state index is 14.2. The van der Waals surface area contributed by atoms with E-state index < -0.39 is 19.5 Å². The van der Waals surface area contributed by atoms with E-state index in [9.17, 15) is 4.79 Å². The van der Waals surface area contributed by atoms with Crippen LogP contribution in [-0.4, -0.2) is 48.7 Å². The van der Waals surface area contributed by atoms with Gasteiger partial charge >= 0.3 is 0 Å². The molecule has 2 aliphatic heterocycles. The third-order valence-electron chi connectivity index (χ3n) is 9.95. The van der Waals surface area contributed by atoms with Gasteiger partial charge in [-0.25, -0.2) is 0 Å². The second kappa shape index (κ2) is 13.1. The van der Waals surface area contributed by atoms with E-state index in [4.69, 9.17) is 26.1 Å².